The highest BCUT2D eigenvalue weighted by molar-refractivity contribution is 7.98. The zero-order chi connectivity index (χ0) is 19.7. The van der Waals surface area contributed by atoms with Gasteiger partial charge in [0, 0.05) is 22.6 Å². The minimum absolute atomic E-state index is 0.0167. The van der Waals surface area contributed by atoms with Gasteiger partial charge in [-0.05, 0) is 54.6 Å². The number of amides is 1. The summed E-state index contributed by atoms with van der Waals surface area (Å²) in [6.07, 6.45) is 2.97. The molecule has 0 aliphatic carbocycles. The summed E-state index contributed by atoms with van der Waals surface area (Å²) in [5.41, 5.74) is 4.45. The van der Waals surface area contributed by atoms with Crippen molar-refractivity contribution in [3.63, 3.8) is 0 Å². The zero-order valence-electron chi connectivity index (χ0n) is 16.2. The summed E-state index contributed by atoms with van der Waals surface area (Å²) in [4.78, 5) is 16.2. The number of fused-ring (bicyclic) bond motifs is 1. The second-order valence-electron chi connectivity index (χ2n) is 6.76. The van der Waals surface area contributed by atoms with Gasteiger partial charge in [-0.2, -0.15) is 5.10 Å². The summed E-state index contributed by atoms with van der Waals surface area (Å²) in [5, 5.41) is 7.50. The van der Waals surface area contributed by atoms with Gasteiger partial charge in [0.1, 0.15) is 11.4 Å². The van der Waals surface area contributed by atoms with Crippen LogP contribution in [0.3, 0.4) is 0 Å². The lowest BCUT2D eigenvalue weighted by molar-refractivity contribution is 0.0744. The lowest BCUT2D eigenvalue weighted by Gasteiger charge is -2.26. The number of benzene rings is 2. The van der Waals surface area contributed by atoms with Crippen molar-refractivity contribution in [2.24, 2.45) is 0 Å². The zero-order valence-corrected chi connectivity index (χ0v) is 17.0. The van der Waals surface area contributed by atoms with Gasteiger partial charge in [-0.25, -0.2) is 0 Å². The number of thioether (sulfide) groups is 1. The first-order chi connectivity index (χ1) is 13.7. The first kappa shape index (κ1) is 18.6. The fourth-order valence-corrected chi connectivity index (χ4v) is 4.18. The number of rotatable bonds is 6. The number of aromatic amines is 1. The molecule has 6 heteroatoms. The van der Waals surface area contributed by atoms with Gasteiger partial charge in [0.25, 0.3) is 5.91 Å². The first-order valence-electron chi connectivity index (χ1n) is 9.35. The second kappa shape index (κ2) is 7.72. The van der Waals surface area contributed by atoms with E-state index >= 15 is 0 Å². The first-order valence-corrected chi connectivity index (χ1v) is 10.6. The lowest BCUT2D eigenvalue weighted by Crippen LogP contribution is -2.30. The van der Waals surface area contributed by atoms with Gasteiger partial charge >= 0.3 is 0 Å². The van der Waals surface area contributed by atoms with Gasteiger partial charge in [-0.3, -0.25) is 9.89 Å². The molecule has 1 unspecified atom stereocenters. The van der Waals surface area contributed by atoms with Gasteiger partial charge in [-0.15, -0.1) is 11.8 Å². The van der Waals surface area contributed by atoms with Crippen LogP contribution in [0.5, 0.6) is 5.75 Å². The predicted molar refractivity (Wildman–Crippen MR) is 112 cm³/mol. The molecule has 1 N–H and O–H groups in total. The quantitative estimate of drug-likeness (QED) is 0.613. The van der Waals surface area contributed by atoms with Crippen molar-refractivity contribution in [3.8, 4) is 17.0 Å². The van der Waals surface area contributed by atoms with Crippen LogP contribution < -0.4 is 4.74 Å². The van der Waals surface area contributed by atoms with Gasteiger partial charge in [0.05, 0.1) is 18.8 Å². The highest BCUT2D eigenvalue weighted by Gasteiger charge is 2.41. The Labute approximate surface area is 169 Å². The summed E-state index contributed by atoms with van der Waals surface area (Å²) in [6.45, 7) is 2.80. The van der Waals surface area contributed by atoms with Crippen molar-refractivity contribution >= 4 is 17.7 Å². The average molecular weight is 394 g/mol. The number of aromatic nitrogens is 2. The molecule has 0 bridgehead atoms. The molecule has 2 heterocycles. The molecule has 2 aromatic carbocycles. The third-order valence-electron chi connectivity index (χ3n) is 5.12. The molecule has 0 spiro atoms. The highest BCUT2D eigenvalue weighted by Crippen LogP contribution is 2.43. The van der Waals surface area contributed by atoms with Crippen molar-refractivity contribution in [1.29, 1.82) is 0 Å². The fourth-order valence-electron chi connectivity index (χ4n) is 3.77. The number of hydrogen-bond donors (Lipinski definition) is 1. The SMILES string of the molecule is CCCN1C(=O)c2[nH]nc(-c3ccc(OC)cc3)c2C1c1ccc(SC)cc1. The number of carbonyl (C=O) groups excluding carboxylic acids is 1. The van der Waals surface area contributed by atoms with Crippen molar-refractivity contribution < 1.29 is 9.53 Å². The van der Waals surface area contributed by atoms with E-state index in [9.17, 15) is 4.79 Å². The van der Waals surface area contributed by atoms with E-state index in [-0.39, 0.29) is 11.9 Å². The molecule has 0 saturated heterocycles. The number of nitrogens with one attached hydrogen (secondary N) is 1. The highest BCUT2D eigenvalue weighted by atomic mass is 32.2. The maximum Gasteiger partial charge on any atom is 0.273 e. The fraction of sp³-hybridized carbons (Fsp3) is 0.273. The maximum absolute atomic E-state index is 13.1. The summed E-state index contributed by atoms with van der Waals surface area (Å²) in [6, 6.07) is 16.1. The van der Waals surface area contributed by atoms with E-state index in [1.54, 1.807) is 18.9 Å². The standard InChI is InChI=1S/C22H23N3O2S/c1-4-13-25-21(15-7-11-17(28-3)12-8-15)18-19(23-24-20(18)22(25)26)14-5-9-16(27-2)10-6-14/h5-12,21H,4,13H2,1-3H3,(H,23,24). The molecule has 28 heavy (non-hydrogen) atoms. The number of H-pyrrole nitrogens is 1. The van der Waals surface area contributed by atoms with Crippen molar-refractivity contribution in [1.82, 2.24) is 15.1 Å². The van der Waals surface area contributed by atoms with Crippen LogP contribution in [0.15, 0.2) is 53.4 Å². The van der Waals surface area contributed by atoms with Gasteiger partial charge in [0.2, 0.25) is 0 Å². The molecule has 0 fully saturated rings. The second-order valence-corrected chi connectivity index (χ2v) is 7.64. The Balaban J connectivity index is 1.83. The van der Waals surface area contributed by atoms with E-state index in [1.807, 2.05) is 29.2 Å². The minimum atomic E-state index is -0.130. The van der Waals surface area contributed by atoms with Gasteiger partial charge in [0.15, 0.2) is 0 Å². The number of nitrogens with zero attached hydrogens (tertiary/aromatic N) is 2. The molecular formula is C22H23N3O2S. The Hall–Kier alpha value is -2.73. The van der Waals surface area contributed by atoms with Crippen LogP contribution in [0.25, 0.3) is 11.3 Å². The van der Waals surface area contributed by atoms with Gasteiger partial charge in [-0.1, -0.05) is 19.1 Å². The van der Waals surface area contributed by atoms with Crippen LogP contribution in [0.4, 0.5) is 0 Å². The summed E-state index contributed by atoms with van der Waals surface area (Å²) in [7, 11) is 1.65. The topological polar surface area (TPSA) is 58.2 Å². The molecule has 1 aliphatic heterocycles. The maximum atomic E-state index is 13.1. The van der Waals surface area contributed by atoms with Crippen LogP contribution >= 0.6 is 11.8 Å². The van der Waals surface area contributed by atoms with E-state index < -0.39 is 0 Å². The van der Waals surface area contributed by atoms with Crippen LogP contribution in [0, 0.1) is 0 Å². The summed E-state index contributed by atoms with van der Waals surface area (Å²) >= 11 is 1.71. The van der Waals surface area contributed by atoms with Gasteiger partial charge < -0.3 is 9.64 Å². The molecule has 3 aromatic rings. The average Bonchev–Trinajstić information content (AvgIpc) is 3.28. The molecular weight excluding hydrogens is 370 g/mol. The molecule has 1 atom stereocenters. The molecule has 0 saturated carbocycles. The van der Waals surface area contributed by atoms with Crippen LogP contribution in [0.2, 0.25) is 0 Å². The van der Waals surface area contributed by atoms with E-state index in [1.165, 1.54) is 4.90 Å². The van der Waals surface area contributed by atoms with Crippen molar-refractivity contribution in [2.45, 2.75) is 24.3 Å². The van der Waals surface area contributed by atoms with E-state index in [2.05, 4.69) is 47.6 Å². The normalized spacial score (nSPS) is 15.8. The number of methoxy groups -OCH3 is 1. The van der Waals surface area contributed by atoms with E-state index in [4.69, 9.17) is 4.74 Å². The van der Waals surface area contributed by atoms with Crippen molar-refractivity contribution in [2.75, 3.05) is 19.9 Å². The molecule has 1 aliphatic rings. The van der Waals surface area contributed by atoms with Crippen molar-refractivity contribution in [3.05, 3.63) is 65.4 Å². The number of ether oxygens (including phenoxy) is 1. The monoisotopic (exact) mass is 393 g/mol. The van der Waals surface area contributed by atoms with E-state index in [0.717, 1.165) is 34.6 Å². The summed E-state index contributed by atoms with van der Waals surface area (Å²) in [5.74, 6) is 0.812. The Morgan fingerprint density at radius 2 is 1.86 bits per heavy atom. The predicted octanol–water partition coefficient (Wildman–Crippen LogP) is 4.76. The Morgan fingerprint density at radius 1 is 1.14 bits per heavy atom. The van der Waals surface area contributed by atoms with E-state index in [0.29, 0.717) is 12.2 Å². The molecule has 144 valence electrons. The molecule has 4 rings (SSSR count). The molecule has 0 radical (unpaired) electrons. The molecule has 1 aromatic heterocycles. The Kier molecular flexibility index (Phi) is 5.13. The third-order valence-corrected chi connectivity index (χ3v) is 5.87. The molecule has 5 nitrogen and oxygen atoms in total. The third kappa shape index (κ3) is 3.07. The number of hydrogen-bond acceptors (Lipinski definition) is 4. The smallest absolute Gasteiger partial charge is 0.273 e. The minimum Gasteiger partial charge on any atom is -0.497 e. The summed E-state index contributed by atoms with van der Waals surface area (Å²) < 4.78 is 5.26. The molecule has 1 amide bonds. The van der Waals surface area contributed by atoms with Crippen LogP contribution in [-0.4, -0.2) is 40.9 Å². The Morgan fingerprint density at radius 3 is 2.46 bits per heavy atom. The van der Waals surface area contributed by atoms with Crippen LogP contribution in [0.1, 0.15) is 41.0 Å². The number of carbonyl (C=O) groups is 1. The Bertz CT molecular complexity index is 980. The lowest BCUT2D eigenvalue weighted by atomic mass is 9.96. The largest absolute Gasteiger partial charge is 0.497 e. The van der Waals surface area contributed by atoms with Crippen LogP contribution in [-0.2, 0) is 0 Å².